The molecule has 0 aromatic carbocycles. The summed E-state index contributed by atoms with van der Waals surface area (Å²) in [7, 11) is 0. The molecule has 1 atom stereocenters. The van der Waals surface area contributed by atoms with Crippen LogP contribution < -0.4 is 5.32 Å². The van der Waals surface area contributed by atoms with E-state index in [-0.39, 0.29) is 0 Å². The molecule has 0 amide bonds. The molecular formula is C12H18BrNS. The van der Waals surface area contributed by atoms with E-state index >= 15 is 0 Å². The third-order valence-corrected chi connectivity index (χ3v) is 4.97. The van der Waals surface area contributed by atoms with Crippen LogP contribution in [0.3, 0.4) is 0 Å². The van der Waals surface area contributed by atoms with Crippen LogP contribution in [-0.4, -0.2) is 6.54 Å². The molecule has 1 unspecified atom stereocenters. The molecule has 1 aliphatic rings. The third kappa shape index (κ3) is 2.83. The fourth-order valence-electron chi connectivity index (χ4n) is 2.50. The molecule has 1 N–H and O–H groups in total. The molecule has 2 rings (SSSR count). The molecule has 3 heteroatoms. The Morgan fingerprint density at radius 3 is 2.80 bits per heavy atom. The molecular weight excluding hydrogens is 270 g/mol. The highest BCUT2D eigenvalue weighted by Crippen LogP contribution is 2.38. The fraction of sp³-hybridized carbons (Fsp3) is 0.667. The first-order valence-corrected chi connectivity index (χ1v) is 7.46. The van der Waals surface area contributed by atoms with Crippen molar-refractivity contribution in [3.8, 4) is 0 Å². The SMILES string of the molecule is CCNC(c1cc(Br)cs1)C1CCCC1. The van der Waals surface area contributed by atoms with Crippen molar-refractivity contribution in [3.63, 3.8) is 0 Å². The van der Waals surface area contributed by atoms with Crippen LogP contribution in [0.2, 0.25) is 0 Å². The summed E-state index contributed by atoms with van der Waals surface area (Å²) in [5, 5.41) is 5.83. The summed E-state index contributed by atoms with van der Waals surface area (Å²) in [4.78, 5) is 1.50. The first-order chi connectivity index (χ1) is 7.31. The van der Waals surface area contributed by atoms with E-state index in [2.05, 4.69) is 39.6 Å². The van der Waals surface area contributed by atoms with Gasteiger partial charge in [-0.3, -0.25) is 0 Å². The van der Waals surface area contributed by atoms with Gasteiger partial charge in [-0.05, 0) is 47.3 Å². The lowest BCUT2D eigenvalue weighted by atomic mass is 9.97. The summed E-state index contributed by atoms with van der Waals surface area (Å²) in [6, 6.07) is 2.87. The third-order valence-electron chi connectivity index (χ3n) is 3.19. The number of hydrogen-bond acceptors (Lipinski definition) is 2. The van der Waals surface area contributed by atoms with Crippen molar-refractivity contribution in [2.45, 2.75) is 38.6 Å². The summed E-state index contributed by atoms with van der Waals surface area (Å²) < 4.78 is 1.23. The van der Waals surface area contributed by atoms with Crippen molar-refractivity contribution in [1.29, 1.82) is 0 Å². The fourth-order valence-corrected chi connectivity index (χ4v) is 4.11. The maximum Gasteiger partial charge on any atom is 0.0443 e. The number of halogens is 1. The monoisotopic (exact) mass is 287 g/mol. The zero-order valence-corrected chi connectivity index (χ0v) is 11.5. The summed E-state index contributed by atoms with van der Waals surface area (Å²) in [6.45, 7) is 3.27. The van der Waals surface area contributed by atoms with Gasteiger partial charge in [-0.25, -0.2) is 0 Å². The second kappa shape index (κ2) is 5.46. The first-order valence-electron chi connectivity index (χ1n) is 5.78. The van der Waals surface area contributed by atoms with E-state index in [0.717, 1.165) is 12.5 Å². The molecule has 84 valence electrons. The molecule has 0 aliphatic heterocycles. The number of nitrogens with one attached hydrogen (secondary N) is 1. The molecule has 0 radical (unpaired) electrons. The average molecular weight is 288 g/mol. The van der Waals surface area contributed by atoms with Crippen LogP contribution in [0.4, 0.5) is 0 Å². The van der Waals surface area contributed by atoms with Gasteiger partial charge in [-0.1, -0.05) is 19.8 Å². The molecule has 1 aromatic heterocycles. The van der Waals surface area contributed by atoms with Crippen molar-refractivity contribution in [3.05, 3.63) is 20.8 Å². The van der Waals surface area contributed by atoms with Gasteiger partial charge in [-0.2, -0.15) is 0 Å². The largest absolute Gasteiger partial charge is 0.309 e. The smallest absolute Gasteiger partial charge is 0.0443 e. The van der Waals surface area contributed by atoms with E-state index in [4.69, 9.17) is 0 Å². The van der Waals surface area contributed by atoms with Crippen molar-refractivity contribution in [2.24, 2.45) is 5.92 Å². The maximum absolute atomic E-state index is 3.64. The minimum absolute atomic E-state index is 0.591. The van der Waals surface area contributed by atoms with Gasteiger partial charge in [0, 0.05) is 20.8 Å². The Morgan fingerprint density at radius 1 is 1.53 bits per heavy atom. The molecule has 1 heterocycles. The predicted octanol–water partition coefficient (Wildman–Crippen LogP) is 4.35. The van der Waals surface area contributed by atoms with Crippen molar-refractivity contribution in [1.82, 2.24) is 5.32 Å². The van der Waals surface area contributed by atoms with Crippen LogP contribution in [0.1, 0.15) is 43.5 Å². The Hall–Kier alpha value is 0.140. The van der Waals surface area contributed by atoms with Gasteiger partial charge in [0.1, 0.15) is 0 Å². The van der Waals surface area contributed by atoms with E-state index in [0.29, 0.717) is 6.04 Å². The first kappa shape index (κ1) is 11.6. The van der Waals surface area contributed by atoms with Crippen LogP contribution in [0, 0.1) is 5.92 Å². The normalized spacial score (nSPS) is 19.6. The Morgan fingerprint density at radius 2 is 2.27 bits per heavy atom. The molecule has 0 spiro atoms. The average Bonchev–Trinajstić information content (AvgIpc) is 2.85. The molecule has 15 heavy (non-hydrogen) atoms. The summed E-state index contributed by atoms with van der Waals surface area (Å²) in [5.74, 6) is 0.857. The van der Waals surface area contributed by atoms with E-state index in [1.165, 1.54) is 35.0 Å². The summed E-state index contributed by atoms with van der Waals surface area (Å²) in [5.41, 5.74) is 0. The standard InChI is InChI=1S/C12H18BrNS/c1-2-14-12(9-5-3-4-6-9)11-7-10(13)8-15-11/h7-9,12,14H,2-6H2,1H3. The second-order valence-corrected chi connectivity index (χ2v) is 6.11. The quantitative estimate of drug-likeness (QED) is 0.868. The van der Waals surface area contributed by atoms with Crippen molar-refractivity contribution < 1.29 is 0 Å². The van der Waals surface area contributed by atoms with Crippen LogP contribution in [0.5, 0.6) is 0 Å². The van der Waals surface area contributed by atoms with Gasteiger partial charge < -0.3 is 5.32 Å². The molecule has 1 saturated carbocycles. The van der Waals surface area contributed by atoms with E-state index in [1.54, 1.807) is 0 Å². The minimum Gasteiger partial charge on any atom is -0.309 e. The zero-order valence-electron chi connectivity index (χ0n) is 9.13. The lowest BCUT2D eigenvalue weighted by Crippen LogP contribution is -2.26. The number of hydrogen-bond donors (Lipinski definition) is 1. The van der Waals surface area contributed by atoms with E-state index < -0.39 is 0 Å². The van der Waals surface area contributed by atoms with E-state index in [9.17, 15) is 0 Å². The Kier molecular flexibility index (Phi) is 4.23. The molecule has 0 bridgehead atoms. The van der Waals surface area contributed by atoms with Crippen LogP contribution in [-0.2, 0) is 0 Å². The van der Waals surface area contributed by atoms with Gasteiger partial charge in [0.05, 0.1) is 0 Å². The van der Waals surface area contributed by atoms with Gasteiger partial charge in [-0.15, -0.1) is 11.3 Å². The summed E-state index contributed by atoms with van der Waals surface area (Å²) >= 11 is 5.42. The van der Waals surface area contributed by atoms with Gasteiger partial charge in [0.15, 0.2) is 0 Å². The van der Waals surface area contributed by atoms with Crippen molar-refractivity contribution >= 4 is 27.3 Å². The predicted molar refractivity (Wildman–Crippen MR) is 70.4 cm³/mol. The highest BCUT2D eigenvalue weighted by atomic mass is 79.9. The number of thiophene rings is 1. The molecule has 1 fully saturated rings. The minimum atomic E-state index is 0.591. The zero-order chi connectivity index (χ0) is 10.7. The Labute approximate surface area is 104 Å². The highest BCUT2D eigenvalue weighted by Gasteiger charge is 2.26. The number of rotatable bonds is 4. The van der Waals surface area contributed by atoms with Crippen molar-refractivity contribution in [2.75, 3.05) is 6.54 Å². The molecule has 0 saturated heterocycles. The Bertz CT molecular complexity index is 304. The van der Waals surface area contributed by atoms with E-state index in [1.807, 2.05) is 11.3 Å². The molecule has 1 aliphatic carbocycles. The molecule has 1 aromatic rings. The lowest BCUT2D eigenvalue weighted by molar-refractivity contribution is 0.379. The van der Waals surface area contributed by atoms with Gasteiger partial charge in [0.25, 0.3) is 0 Å². The summed E-state index contributed by atoms with van der Waals surface area (Å²) in [6.07, 6.45) is 5.62. The Balaban J connectivity index is 2.11. The van der Waals surface area contributed by atoms with Crippen LogP contribution >= 0.6 is 27.3 Å². The maximum atomic E-state index is 3.64. The van der Waals surface area contributed by atoms with Gasteiger partial charge in [0.2, 0.25) is 0 Å². The highest BCUT2D eigenvalue weighted by molar-refractivity contribution is 9.10. The lowest BCUT2D eigenvalue weighted by Gasteiger charge is -2.23. The second-order valence-electron chi connectivity index (χ2n) is 4.25. The van der Waals surface area contributed by atoms with Crippen LogP contribution in [0.15, 0.2) is 15.9 Å². The van der Waals surface area contributed by atoms with Crippen LogP contribution in [0.25, 0.3) is 0 Å². The molecule has 1 nitrogen and oxygen atoms in total. The topological polar surface area (TPSA) is 12.0 Å². The van der Waals surface area contributed by atoms with Gasteiger partial charge >= 0.3 is 0 Å².